The van der Waals surface area contributed by atoms with Crippen molar-refractivity contribution in [1.29, 1.82) is 0 Å². The number of esters is 1. The first kappa shape index (κ1) is 14.2. The van der Waals surface area contributed by atoms with Crippen molar-refractivity contribution >= 4 is 23.3 Å². The molecule has 6 nitrogen and oxygen atoms in total. The Morgan fingerprint density at radius 3 is 2.72 bits per heavy atom. The monoisotopic (exact) mass is 280 g/mol. The minimum Gasteiger partial charge on any atom is -0.462 e. The summed E-state index contributed by atoms with van der Waals surface area (Å²) in [6.07, 6.45) is -2.59. The Morgan fingerprint density at radius 1 is 1.67 bits per heavy atom. The maximum Gasteiger partial charge on any atom is 0.348 e. The van der Waals surface area contributed by atoms with Crippen molar-refractivity contribution in [3.05, 3.63) is 32.6 Å². The van der Waals surface area contributed by atoms with Gasteiger partial charge in [-0.2, -0.15) is 0 Å². The van der Waals surface area contributed by atoms with Crippen molar-refractivity contribution in [3.8, 4) is 0 Å². The van der Waals surface area contributed by atoms with E-state index in [9.17, 15) is 23.7 Å². The van der Waals surface area contributed by atoms with Gasteiger partial charge in [0, 0.05) is 6.20 Å². The van der Waals surface area contributed by atoms with Crippen LogP contribution >= 0.6 is 11.6 Å². The summed E-state index contributed by atoms with van der Waals surface area (Å²) in [7, 11) is 0. The summed E-state index contributed by atoms with van der Waals surface area (Å²) >= 11 is 5.52. The van der Waals surface area contributed by atoms with E-state index in [1.807, 2.05) is 0 Å². The average Bonchev–Trinajstić information content (AvgIpc) is 2.27. The SMILES string of the molecule is CCOC(=O)c1c(Cl)ncc(C(F)F)c1[N+](=O)[O-]. The number of aromatic nitrogens is 1. The molecule has 1 rings (SSSR count). The molecular weight excluding hydrogens is 274 g/mol. The van der Waals surface area contributed by atoms with Gasteiger partial charge < -0.3 is 4.74 Å². The van der Waals surface area contributed by atoms with Crippen LogP contribution in [0.4, 0.5) is 14.5 Å². The van der Waals surface area contributed by atoms with Gasteiger partial charge in [-0.1, -0.05) is 11.6 Å². The number of nitrogens with zero attached hydrogens (tertiary/aromatic N) is 2. The molecule has 0 radical (unpaired) electrons. The van der Waals surface area contributed by atoms with Gasteiger partial charge in [-0.3, -0.25) is 10.1 Å². The molecule has 0 aliphatic rings. The van der Waals surface area contributed by atoms with Crippen molar-refractivity contribution < 1.29 is 23.2 Å². The maximum atomic E-state index is 12.6. The Bertz CT molecular complexity index is 496. The minimum absolute atomic E-state index is 0.0782. The lowest BCUT2D eigenvalue weighted by Crippen LogP contribution is -2.12. The van der Waals surface area contributed by atoms with Crippen LogP contribution in [0.5, 0.6) is 0 Å². The molecule has 0 unspecified atom stereocenters. The van der Waals surface area contributed by atoms with Crippen LogP contribution in [0.3, 0.4) is 0 Å². The first-order valence-corrected chi connectivity index (χ1v) is 5.06. The number of nitro groups is 1. The first-order chi connectivity index (χ1) is 8.40. The number of ether oxygens (including phenoxy) is 1. The second-order valence-electron chi connectivity index (χ2n) is 3.01. The molecule has 0 aliphatic carbocycles. The maximum absolute atomic E-state index is 12.6. The third-order valence-corrected chi connectivity index (χ3v) is 2.22. The van der Waals surface area contributed by atoms with E-state index in [0.29, 0.717) is 6.20 Å². The number of carbonyl (C=O) groups is 1. The number of hydrogen-bond acceptors (Lipinski definition) is 5. The van der Waals surface area contributed by atoms with Crippen LogP contribution in [-0.2, 0) is 4.74 Å². The molecule has 0 saturated heterocycles. The smallest absolute Gasteiger partial charge is 0.348 e. The second kappa shape index (κ2) is 5.67. The topological polar surface area (TPSA) is 82.3 Å². The average molecular weight is 281 g/mol. The van der Waals surface area contributed by atoms with Crippen molar-refractivity contribution in [2.75, 3.05) is 6.61 Å². The zero-order chi connectivity index (χ0) is 13.9. The van der Waals surface area contributed by atoms with Gasteiger partial charge in [-0.25, -0.2) is 18.6 Å². The third-order valence-electron chi connectivity index (χ3n) is 1.93. The van der Waals surface area contributed by atoms with Crippen LogP contribution in [0.2, 0.25) is 5.15 Å². The predicted molar refractivity (Wildman–Crippen MR) is 56.8 cm³/mol. The summed E-state index contributed by atoms with van der Waals surface area (Å²) in [5, 5.41) is 10.2. The number of carbonyl (C=O) groups excluding carboxylic acids is 1. The molecule has 0 N–H and O–H groups in total. The summed E-state index contributed by atoms with van der Waals surface area (Å²) in [5.41, 5.74) is -2.82. The number of halogens is 3. The highest BCUT2D eigenvalue weighted by Gasteiger charge is 2.33. The van der Waals surface area contributed by atoms with Gasteiger partial charge in [-0.15, -0.1) is 0 Å². The summed E-state index contributed by atoms with van der Waals surface area (Å²) in [6, 6.07) is 0. The molecular formula is C9H7ClF2N2O4. The summed E-state index contributed by atoms with van der Waals surface area (Å²) < 4.78 is 29.7. The lowest BCUT2D eigenvalue weighted by Gasteiger charge is -2.07. The fourth-order valence-corrected chi connectivity index (χ4v) is 1.45. The minimum atomic E-state index is -3.15. The quantitative estimate of drug-likeness (QED) is 0.366. The molecule has 0 fully saturated rings. The normalized spacial score (nSPS) is 10.5. The van der Waals surface area contributed by atoms with Crippen molar-refractivity contribution in [3.63, 3.8) is 0 Å². The van der Waals surface area contributed by atoms with Crippen LogP contribution in [0.1, 0.15) is 29.3 Å². The first-order valence-electron chi connectivity index (χ1n) is 4.68. The highest BCUT2D eigenvalue weighted by atomic mass is 35.5. The molecule has 9 heteroatoms. The van der Waals surface area contributed by atoms with E-state index in [1.54, 1.807) is 0 Å². The van der Waals surface area contributed by atoms with Crippen LogP contribution in [0, 0.1) is 10.1 Å². The van der Waals surface area contributed by atoms with Crippen LogP contribution in [0.25, 0.3) is 0 Å². The summed E-state index contributed by atoms with van der Waals surface area (Å²) in [4.78, 5) is 24.5. The number of hydrogen-bond donors (Lipinski definition) is 0. The molecule has 0 spiro atoms. The molecule has 0 aliphatic heterocycles. The highest BCUT2D eigenvalue weighted by Crippen LogP contribution is 2.34. The molecule has 1 heterocycles. The van der Waals surface area contributed by atoms with Crippen LogP contribution in [0.15, 0.2) is 6.20 Å². The molecule has 0 bridgehead atoms. The number of alkyl halides is 2. The van der Waals surface area contributed by atoms with Crippen molar-refractivity contribution in [2.24, 2.45) is 0 Å². The fraction of sp³-hybridized carbons (Fsp3) is 0.333. The van der Waals surface area contributed by atoms with Gasteiger partial charge in [0.25, 0.3) is 12.1 Å². The van der Waals surface area contributed by atoms with E-state index in [2.05, 4.69) is 9.72 Å². The van der Waals surface area contributed by atoms with E-state index in [0.717, 1.165) is 0 Å². The lowest BCUT2D eigenvalue weighted by molar-refractivity contribution is -0.386. The Balaban J connectivity index is 3.51. The Morgan fingerprint density at radius 2 is 2.28 bits per heavy atom. The zero-order valence-electron chi connectivity index (χ0n) is 9.02. The molecule has 1 aromatic rings. The van der Waals surface area contributed by atoms with Gasteiger partial charge in [-0.05, 0) is 6.92 Å². The Kier molecular flexibility index (Phi) is 4.49. The third kappa shape index (κ3) is 2.70. The van der Waals surface area contributed by atoms with E-state index < -0.39 is 39.3 Å². The molecule has 0 saturated carbocycles. The number of rotatable bonds is 4. The Labute approximate surface area is 105 Å². The standard InChI is InChI=1S/C9H7ClF2N2O4/c1-2-18-9(15)5-6(14(16)17)4(8(11)12)3-13-7(5)10/h3,8H,2H2,1H3. The molecule has 0 amide bonds. The summed E-state index contributed by atoms with van der Waals surface area (Å²) in [5.74, 6) is -1.16. The predicted octanol–water partition coefficient (Wildman–Crippen LogP) is 2.76. The Hall–Kier alpha value is -1.83. The van der Waals surface area contributed by atoms with Gasteiger partial charge in [0.05, 0.1) is 11.5 Å². The lowest BCUT2D eigenvalue weighted by atomic mass is 10.1. The molecule has 0 atom stereocenters. The van der Waals surface area contributed by atoms with Gasteiger partial charge in [0.1, 0.15) is 5.56 Å². The van der Waals surface area contributed by atoms with E-state index in [-0.39, 0.29) is 6.61 Å². The fourth-order valence-electron chi connectivity index (χ4n) is 1.23. The van der Waals surface area contributed by atoms with Crippen LogP contribution in [-0.4, -0.2) is 22.5 Å². The van der Waals surface area contributed by atoms with Gasteiger partial charge in [0.15, 0.2) is 10.7 Å². The van der Waals surface area contributed by atoms with Gasteiger partial charge in [0.2, 0.25) is 0 Å². The summed E-state index contributed by atoms with van der Waals surface area (Å²) in [6.45, 7) is 1.38. The van der Waals surface area contributed by atoms with E-state index in [4.69, 9.17) is 11.6 Å². The largest absolute Gasteiger partial charge is 0.462 e. The van der Waals surface area contributed by atoms with E-state index in [1.165, 1.54) is 6.92 Å². The van der Waals surface area contributed by atoms with Gasteiger partial charge >= 0.3 is 5.97 Å². The molecule has 0 aromatic carbocycles. The molecule has 98 valence electrons. The highest BCUT2D eigenvalue weighted by molar-refractivity contribution is 6.33. The van der Waals surface area contributed by atoms with Crippen LogP contribution < -0.4 is 0 Å². The van der Waals surface area contributed by atoms with Crippen molar-refractivity contribution in [2.45, 2.75) is 13.3 Å². The second-order valence-corrected chi connectivity index (χ2v) is 3.36. The molecule has 1 aromatic heterocycles. The zero-order valence-corrected chi connectivity index (χ0v) is 9.78. The number of pyridine rings is 1. The van der Waals surface area contributed by atoms with E-state index >= 15 is 0 Å². The molecule has 18 heavy (non-hydrogen) atoms. The van der Waals surface area contributed by atoms with Crippen molar-refractivity contribution in [1.82, 2.24) is 4.98 Å².